The van der Waals surface area contributed by atoms with Crippen molar-refractivity contribution in [2.24, 2.45) is 0 Å². The third-order valence-corrected chi connectivity index (χ3v) is 5.34. The van der Waals surface area contributed by atoms with Crippen LogP contribution in [0, 0.1) is 12.7 Å². The fraction of sp³-hybridized carbons (Fsp3) is 0.143. The van der Waals surface area contributed by atoms with Crippen LogP contribution in [0.15, 0.2) is 48.5 Å². The smallest absolute Gasteiger partial charge is 0.279 e. The number of benzene rings is 1. The fourth-order valence-electron chi connectivity index (χ4n) is 2.62. The molecule has 2 aromatic heterocycles. The normalized spacial score (nSPS) is 10.4. The maximum Gasteiger partial charge on any atom is 0.279 e. The molecular weight excluding hydrogens is 407 g/mol. The quantitative estimate of drug-likeness (QED) is 0.628. The number of carbonyl (C=O) groups is 3. The second-order valence-electron chi connectivity index (χ2n) is 6.61. The minimum Gasteiger partial charge on any atom is -0.343 e. The lowest BCUT2D eigenvalue weighted by atomic mass is 10.1. The summed E-state index contributed by atoms with van der Waals surface area (Å²) in [5.74, 6) is -1.63. The van der Waals surface area contributed by atoms with E-state index >= 15 is 0 Å². The van der Waals surface area contributed by atoms with Crippen molar-refractivity contribution in [3.63, 3.8) is 0 Å². The molecule has 0 aliphatic rings. The highest BCUT2D eigenvalue weighted by Gasteiger charge is 2.16. The lowest BCUT2D eigenvalue weighted by Crippen LogP contribution is -2.41. The van der Waals surface area contributed by atoms with Crippen LogP contribution in [-0.2, 0) is 0 Å². The van der Waals surface area contributed by atoms with Crippen LogP contribution in [0.5, 0.6) is 0 Å². The molecule has 0 fully saturated rings. The van der Waals surface area contributed by atoms with E-state index < -0.39 is 11.8 Å². The number of amides is 3. The standard InChI is InChI=1S/C21H19FN4O3S/c1-12-15(8-9-16(23-12)21(29)26(2)3)19(27)24-25-20(28)18-11-10-17(30-18)13-4-6-14(22)7-5-13/h4-11H,1-3H3,(H,24,27)(H,25,28). The third-order valence-electron chi connectivity index (χ3n) is 4.20. The van der Waals surface area contributed by atoms with Crippen molar-refractivity contribution in [2.75, 3.05) is 14.1 Å². The van der Waals surface area contributed by atoms with E-state index in [0.29, 0.717) is 10.6 Å². The van der Waals surface area contributed by atoms with Crippen LogP contribution in [-0.4, -0.2) is 41.7 Å². The molecule has 0 bridgehead atoms. The lowest BCUT2D eigenvalue weighted by molar-refractivity contribution is 0.0820. The average molecular weight is 426 g/mol. The molecule has 3 aromatic rings. The van der Waals surface area contributed by atoms with Crippen molar-refractivity contribution in [3.05, 3.63) is 76.2 Å². The molecule has 0 aliphatic carbocycles. The Bertz CT molecular complexity index is 1110. The minimum atomic E-state index is -0.549. The van der Waals surface area contributed by atoms with Crippen LogP contribution < -0.4 is 10.9 Å². The zero-order chi connectivity index (χ0) is 21.8. The molecule has 0 atom stereocenters. The molecule has 2 heterocycles. The summed E-state index contributed by atoms with van der Waals surface area (Å²) >= 11 is 1.22. The molecule has 154 valence electrons. The van der Waals surface area contributed by atoms with Gasteiger partial charge in [0.25, 0.3) is 17.7 Å². The maximum absolute atomic E-state index is 13.1. The summed E-state index contributed by atoms with van der Waals surface area (Å²) in [6.45, 7) is 1.61. The van der Waals surface area contributed by atoms with Gasteiger partial charge in [0, 0.05) is 19.0 Å². The van der Waals surface area contributed by atoms with Gasteiger partial charge in [0.2, 0.25) is 0 Å². The van der Waals surface area contributed by atoms with E-state index in [9.17, 15) is 18.8 Å². The molecular formula is C21H19FN4O3S. The molecule has 3 amide bonds. The zero-order valence-electron chi connectivity index (χ0n) is 16.5. The first-order chi connectivity index (χ1) is 14.3. The number of pyridine rings is 1. The molecule has 3 rings (SSSR count). The number of hydrazine groups is 1. The Morgan fingerprint density at radius 1 is 0.933 bits per heavy atom. The highest BCUT2D eigenvalue weighted by Crippen LogP contribution is 2.28. The molecule has 0 unspecified atom stereocenters. The van der Waals surface area contributed by atoms with Crippen LogP contribution in [0.25, 0.3) is 10.4 Å². The van der Waals surface area contributed by atoms with Crippen LogP contribution in [0.3, 0.4) is 0 Å². The summed E-state index contributed by atoms with van der Waals surface area (Å²) in [6.07, 6.45) is 0. The van der Waals surface area contributed by atoms with E-state index in [4.69, 9.17) is 0 Å². The molecule has 0 spiro atoms. The van der Waals surface area contributed by atoms with Gasteiger partial charge in [0.1, 0.15) is 11.5 Å². The first-order valence-corrected chi connectivity index (χ1v) is 9.73. The molecule has 0 radical (unpaired) electrons. The minimum absolute atomic E-state index is 0.227. The Morgan fingerprint density at radius 3 is 2.23 bits per heavy atom. The van der Waals surface area contributed by atoms with E-state index in [2.05, 4.69) is 15.8 Å². The number of aryl methyl sites for hydroxylation is 1. The fourth-order valence-corrected chi connectivity index (χ4v) is 3.53. The number of thiophene rings is 1. The van der Waals surface area contributed by atoms with Crippen LogP contribution in [0.2, 0.25) is 0 Å². The molecule has 2 N–H and O–H groups in total. The summed E-state index contributed by atoms with van der Waals surface area (Å²) in [7, 11) is 3.23. The first kappa shape index (κ1) is 21.1. The summed E-state index contributed by atoms with van der Waals surface area (Å²) < 4.78 is 13.1. The molecule has 1 aromatic carbocycles. The van der Waals surface area contributed by atoms with E-state index in [1.807, 2.05) is 0 Å². The highest BCUT2D eigenvalue weighted by molar-refractivity contribution is 7.17. The van der Waals surface area contributed by atoms with Crippen molar-refractivity contribution < 1.29 is 18.8 Å². The van der Waals surface area contributed by atoms with Gasteiger partial charge in [-0.3, -0.25) is 25.2 Å². The average Bonchev–Trinajstić information content (AvgIpc) is 3.22. The predicted molar refractivity (Wildman–Crippen MR) is 112 cm³/mol. The topological polar surface area (TPSA) is 91.4 Å². The summed E-state index contributed by atoms with van der Waals surface area (Å²) in [4.78, 5) is 43.4. The Balaban J connectivity index is 1.64. The number of halogens is 1. The first-order valence-electron chi connectivity index (χ1n) is 8.92. The number of hydrogen-bond acceptors (Lipinski definition) is 5. The van der Waals surface area contributed by atoms with Gasteiger partial charge in [-0.15, -0.1) is 11.3 Å². The van der Waals surface area contributed by atoms with Gasteiger partial charge in [-0.05, 0) is 48.9 Å². The Labute approximate surface area is 176 Å². The monoisotopic (exact) mass is 426 g/mol. The van der Waals surface area contributed by atoms with Crippen molar-refractivity contribution >= 4 is 29.1 Å². The van der Waals surface area contributed by atoms with Crippen molar-refractivity contribution in [1.29, 1.82) is 0 Å². The molecule has 0 saturated heterocycles. The second kappa shape index (κ2) is 8.83. The van der Waals surface area contributed by atoms with E-state index in [0.717, 1.165) is 10.4 Å². The van der Waals surface area contributed by atoms with Gasteiger partial charge in [-0.1, -0.05) is 12.1 Å². The van der Waals surface area contributed by atoms with Gasteiger partial charge in [0.15, 0.2) is 0 Å². The van der Waals surface area contributed by atoms with Gasteiger partial charge in [-0.25, -0.2) is 9.37 Å². The highest BCUT2D eigenvalue weighted by atomic mass is 32.1. The maximum atomic E-state index is 13.1. The van der Waals surface area contributed by atoms with Crippen molar-refractivity contribution in [2.45, 2.75) is 6.92 Å². The van der Waals surface area contributed by atoms with Gasteiger partial charge in [0.05, 0.1) is 16.1 Å². The molecule has 30 heavy (non-hydrogen) atoms. The van der Waals surface area contributed by atoms with Crippen molar-refractivity contribution in [1.82, 2.24) is 20.7 Å². The number of carbonyl (C=O) groups excluding carboxylic acids is 3. The number of rotatable bonds is 4. The van der Waals surface area contributed by atoms with E-state index in [1.54, 1.807) is 45.3 Å². The SMILES string of the molecule is Cc1nc(C(=O)N(C)C)ccc1C(=O)NNC(=O)c1ccc(-c2ccc(F)cc2)s1. The summed E-state index contributed by atoms with van der Waals surface area (Å²) in [5.41, 5.74) is 6.33. The third kappa shape index (κ3) is 4.69. The largest absolute Gasteiger partial charge is 0.343 e. The predicted octanol–water partition coefficient (Wildman–Crippen LogP) is 3.03. The number of nitrogens with one attached hydrogen (secondary N) is 2. The molecule has 0 aliphatic heterocycles. The molecule has 7 nitrogen and oxygen atoms in total. The second-order valence-corrected chi connectivity index (χ2v) is 7.69. The summed E-state index contributed by atoms with van der Waals surface area (Å²) in [5, 5.41) is 0. The lowest BCUT2D eigenvalue weighted by Gasteiger charge is -2.12. The Hall–Kier alpha value is -3.59. The van der Waals surface area contributed by atoms with E-state index in [-0.39, 0.29) is 23.0 Å². The molecule has 9 heteroatoms. The van der Waals surface area contributed by atoms with Crippen LogP contribution in [0.4, 0.5) is 4.39 Å². The Kier molecular flexibility index (Phi) is 6.22. The van der Waals surface area contributed by atoms with E-state index in [1.165, 1.54) is 40.5 Å². The van der Waals surface area contributed by atoms with Crippen molar-refractivity contribution in [3.8, 4) is 10.4 Å². The van der Waals surface area contributed by atoms with Crippen LogP contribution >= 0.6 is 11.3 Å². The zero-order valence-corrected chi connectivity index (χ0v) is 17.3. The van der Waals surface area contributed by atoms with Gasteiger partial charge in [-0.2, -0.15) is 0 Å². The van der Waals surface area contributed by atoms with Gasteiger partial charge < -0.3 is 4.90 Å². The molecule has 0 saturated carbocycles. The summed E-state index contributed by atoms with van der Waals surface area (Å²) in [6, 6.07) is 12.3. The Morgan fingerprint density at radius 2 is 1.60 bits per heavy atom. The van der Waals surface area contributed by atoms with Crippen LogP contribution in [0.1, 0.15) is 36.2 Å². The van der Waals surface area contributed by atoms with Gasteiger partial charge >= 0.3 is 0 Å². The number of nitrogens with zero attached hydrogens (tertiary/aromatic N) is 2. The number of aromatic nitrogens is 1. The number of hydrogen-bond donors (Lipinski definition) is 2.